The molecule has 0 radical (unpaired) electrons. The van der Waals surface area contributed by atoms with Crippen LogP contribution in [0.4, 0.5) is 11.4 Å². The third-order valence-electron chi connectivity index (χ3n) is 6.51. The first-order valence-corrected chi connectivity index (χ1v) is 19.4. The molecule has 3 aromatic carbocycles. The molecule has 37 heavy (non-hydrogen) atoms. The van der Waals surface area contributed by atoms with E-state index in [4.69, 9.17) is 24.1 Å². The van der Waals surface area contributed by atoms with Crippen LogP contribution in [0.25, 0.3) is 0 Å². The zero-order valence-electron chi connectivity index (χ0n) is 22.4. The molecule has 3 nitrogen and oxygen atoms in total. The molecule has 4 rings (SSSR count). The van der Waals surface area contributed by atoms with Crippen LogP contribution in [-0.4, -0.2) is 34.4 Å². The average molecular weight is 645 g/mol. The fourth-order valence-electron chi connectivity index (χ4n) is 5.41. The first-order valence-electron chi connectivity index (χ1n) is 12.4. The van der Waals surface area contributed by atoms with Gasteiger partial charge in [0, 0.05) is 0 Å². The number of hydrogen-bond donors (Lipinski definition) is 1. The average Bonchev–Trinajstić information content (AvgIpc) is 3.22. The van der Waals surface area contributed by atoms with Gasteiger partial charge in [0.2, 0.25) is 0 Å². The summed E-state index contributed by atoms with van der Waals surface area (Å²) in [6, 6.07) is 16.9. The van der Waals surface area contributed by atoms with Crippen molar-refractivity contribution in [2.24, 2.45) is 0 Å². The Labute approximate surface area is 237 Å². The third kappa shape index (κ3) is 6.01. The van der Waals surface area contributed by atoms with Gasteiger partial charge in [0.05, 0.1) is 0 Å². The molecule has 0 atom stereocenters. The molecule has 0 saturated carbocycles. The Morgan fingerprint density at radius 3 is 1.73 bits per heavy atom. The van der Waals surface area contributed by atoms with Crippen LogP contribution in [0.3, 0.4) is 0 Å². The van der Waals surface area contributed by atoms with E-state index in [0.29, 0.717) is 12.4 Å². The molecule has 0 amide bonds. The van der Waals surface area contributed by atoms with Gasteiger partial charge in [-0.1, -0.05) is 0 Å². The number of nitrogens with zero attached hydrogens (tertiary/aromatic N) is 2. The predicted octanol–water partition coefficient (Wildman–Crippen LogP) is 7.57. The summed E-state index contributed by atoms with van der Waals surface area (Å²) in [5, 5.41) is 0. The van der Waals surface area contributed by atoms with E-state index in [-0.39, 0.29) is 0 Å². The van der Waals surface area contributed by atoms with Crippen molar-refractivity contribution < 1.29 is 16.6 Å². The van der Waals surface area contributed by atoms with Crippen molar-refractivity contribution in [2.45, 2.75) is 41.5 Å². The second-order valence-electron chi connectivity index (χ2n) is 9.71. The van der Waals surface area contributed by atoms with Crippen molar-refractivity contribution in [3.8, 4) is 5.75 Å². The minimum absolute atomic E-state index is 0.523. The molecule has 0 N–H and O–H groups in total. The summed E-state index contributed by atoms with van der Waals surface area (Å²) in [7, 11) is 15.1. The number of hydrogen-bond acceptors (Lipinski definition) is 4. The zero-order chi connectivity index (χ0) is 26.9. The van der Waals surface area contributed by atoms with Crippen molar-refractivity contribution in [1.29, 1.82) is 0 Å². The predicted molar refractivity (Wildman–Crippen MR) is 164 cm³/mol. The van der Waals surface area contributed by atoms with Gasteiger partial charge in [-0.3, -0.25) is 0 Å². The van der Waals surface area contributed by atoms with Crippen molar-refractivity contribution in [1.82, 2.24) is 0 Å². The monoisotopic (exact) mass is 644 g/mol. The Hall–Kier alpha value is -1.65. The summed E-state index contributed by atoms with van der Waals surface area (Å²) >= 11 is 0.682. The van der Waals surface area contributed by atoms with Gasteiger partial charge in [0.15, 0.2) is 0 Å². The number of rotatable bonds is 6. The number of anilines is 2. The van der Waals surface area contributed by atoms with Crippen molar-refractivity contribution in [3.63, 3.8) is 0 Å². The van der Waals surface area contributed by atoms with Crippen LogP contribution in [0.2, 0.25) is 0 Å². The van der Waals surface area contributed by atoms with Gasteiger partial charge in [-0.15, -0.1) is 0 Å². The second-order valence-corrected chi connectivity index (χ2v) is 19.4. The van der Waals surface area contributed by atoms with Crippen LogP contribution in [0.1, 0.15) is 38.9 Å². The van der Waals surface area contributed by atoms with Crippen LogP contribution in [-0.2, 0) is 11.9 Å². The fraction of sp³-hybridized carbons (Fsp3) is 0.333. The molecule has 0 spiro atoms. The number of halogens is 2. The second kappa shape index (κ2) is 11.6. The molecule has 0 bridgehead atoms. The molecule has 7 heteroatoms. The molecule has 1 heterocycles. The molecule has 0 unspecified atom stereocenters. The maximum absolute atomic E-state index is 7.53. The summed E-state index contributed by atoms with van der Waals surface area (Å²) in [6.07, 6.45) is 0. The van der Waals surface area contributed by atoms with E-state index >= 15 is 0 Å². The van der Waals surface area contributed by atoms with Crippen LogP contribution in [0, 0.1) is 41.5 Å². The molecule has 0 aliphatic carbocycles. The summed E-state index contributed by atoms with van der Waals surface area (Å²) in [6.45, 7) is 15.2. The van der Waals surface area contributed by atoms with Gasteiger partial charge in [-0.2, -0.15) is 0 Å². The van der Waals surface area contributed by atoms with E-state index in [9.17, 15) is 0 Å². The van der Waals surface area contributed by atoms with Gasteiger partial charge >= 0.3 is 239 Å². The Kier molecular flexibility index (Phi) is 8.91. The molecular formula is C30H36Cl2N2ORuS. The van der Waals surface area contributed by atoms with E-state index in [0.717, 1.165) is 28.8 Å². The van der Waals surface area contributed by atoms with Gasteiger partial charge < -0.3 is 0 Å². The van der Waals surface area contributed by atoms with Crippen LogP contribution < -0.4 is 14.5 Å². The van der Waals surface area contributed by atoms with Crippen LogP contribution in [0.15, 0.2) is 48.5 Å². The summed E-state index contributed by atoms with van der Waals surface area (Å²) in [4.78, 5) is 4.76. The van der Waals surface area contributed by atoms with Crippen molar-refractivity contribution in [2.75, 3.05) is 35.2 Å². The molecule has 200 valence electrons. The van der Waals surface area contributed by atoms with Crippen LogP contribution in [0.5, 0.6) is 5.75 Å². The zero-order valence-corrected chi connectivity index (χ0v) is 26.5. The standard InChI is InChI=1S/C21H26N2.C9H10OS.2ClH.Ru/c1-14-9-16(3)20(17(4)10-14)22-7-8-23(13-22)21-18(5)11-15(2)12-19(21)6;1-8-4-2-3-5-9(8)10-6-7-11;;;/h9-12H,7-8H2,1-6H3;1-5,11H,6-7H2;2*1H;/q;;;;+2/p-2. The molecule has 1 aliphatic rings. The van der Waals surface area contributed by atoms with Gasteiger partial charge in [-0.05, 0) is 0 Å². The van der Waals surface area contributed by atoms with Gasteiger partial charge in [0.25, 0.3) is 0 Å². The molecule has 1 aliphatic heterocycles. The number of thiol groups is 1. The Morgan fingerprint density at radius 1 is 0.811 bits per heavy atom. The molecule has 1 saturated heterocycles. The minimum atomic E-state index is -3.62. The molecular weight excluding hydrogens is 608 g/mol. The number of aryl methyl sites for hydroxylation is 6. The van der Waals surface area contributed by atoms with Crippen molar-refractivity contribution in [3.05, 3.63) is 87.5 Å². The third-order valence-corrected chi connectivity index (χ3v) is 12.2. The topological polar surface area (TPSA) is 15.7 Å². The summed E-state index contributed by atoms with van der Waals surface area (Å²) < 4.78 is 9.07. The SMILES string of the molecule is Cc1cc(C)c(N2CCN(c3c(C)cc(C)cc3C)[C]2=[Ru]([Cl])([Cl])=[CH]c2ccccc2OCCS)c(C)c1. The summed E-state index contributed by atoms with van der Waals surface area (Å²) in [5.74, 6) is 1.42. The van der Waals surface area contributed by atoms with Crippen LogP contribution >= 0.6 is 32.0 Å². The fourth-order valence-corrected chi connectivity index (χ4v) is 11.5. The normalized spacial score (nSPS) is 14.4. The van der Waals surface area contributed by atoms with E-state index in [1.54, 1.807) is 0 Å². The van der Waals surface area contributed by atoms with E-state index in [1.165, 1.54) is 44.8 Å². The number of para-hydroxylation sites is 1. The van der Waals surface area contributed by atoms with Gasteiger partial charge in [-0.25, -0.2) is 0 Å². The molecule has 1 fully saturated rings. The number of benzene rings is 3. The van der Waals surface area contributed by atoms with Gasteiger partial charge in [0.1, 0.15) is 0 Å². The first-order chi connectivity index (χ1) is 17.5. The first kappa shape index (κ1) is 28.4. The summed E-state index contributed by atoms with van der Waals surface area (Å²) in [5.41, 5.74) is 10.8. The molecule has 0 aromatic heterocycles. The van der Waals surface area contributed by atoms with E-state index in [2.05, 4.69) is 92.8 Å². The maximum atomic E-state index is 7.53. The molecule has 3 aromatic rings. The Morgan fingerprint density at radius 2 is 1.27 bits per heavy atom. The van der Waals surface area contributed by atoms with E-state index < -0.39 is 11.9 Å². The Bertz CT molecular complexity index is 1340. The quantitative estimate of drug-likeness (QED) is 0.220. The Balaban J connectivity index is 2.02. The number of ether oxygens (including phenoxy) is 1. The van der Waals surface area contributed by atoms with Crippen molar-refractivity contribution >= 4 is 52.3 Å². The van der Waals surface area contributed by atoms with E-state index in [1.807, 2.05) is 24.3 Å².